The molecule has 0 fully saturated rings. The fourth-order valence-electron chi connectivity index (χ4n) is 1.53. The smallest absolute Gasteiger partial charge is 0.255 e. The molecule has 1 rings (SSSR count). The van der Waals surface area contributed by atoms with Crippen molar-refractivity contribution >= 4 is 11.8 Å². The van der Waals surface area contributed by atoms with E-state index in [-0.39, 0.29) is 18.4 Å². The third-order valence-electron chi connectivity index (χ3n) is 2.24. The number of aromatic nitrogens is 2. The Kier molecular flexibility index (Phi) is 3.65. The van der Waals surface area contributed by atoms with Crippen molar-refractivity contribution in [2.75, 3.05) is 0 Å². The third-order valence-corrected chi connectivity index (χ3v) is 2.24. The van der Waals surface area contributed by atoms with E-state index in [0.29, 0.717) is 17.0 Å². The summed E-state index contributed by atoms with van der Waals surface area (Å²) < 4.78 is 0. The van der Waals surface area contributed by atoms with Crippen molar-refractivity contribution < 1.29 is 9.59 Å². The third kappa shape index (κ3) is 2.82. The number of H-pyrrole nitrogens is 1. The van der Waals surface area contributed by atoms with Gasteiger partial charge in [-0.25, -0.2) is 0 Å². The van der Waals surface area contributed by atoms with Crippen LogP contribution in [-0.4, -0.2) is 28.1 Å². The van der Waals surface area contributed by atoms with E-state index in [0.717, 1.165) is 0 Å². The highest BCUT2D eigenvalue weighted by Crippen LogP contribution is 2.09. The van der Waals surface area contributed by atoms with Crippen molar-refractivity contribution in [1.82, 2.24) is 15.5 Å². The van der Waals surface area contributed by atoms with Crippen LogP contribution in [0.4, 0.5) is 0 Å². The van der Waals surface area contributed by atoms with Gasteiger partial charge in [0.15, 0.2) is 0 Å². The first kappa shape index (κ1) is 12.2. The Bertz CT molecular complexity index is 391. The fourth-order valence-corrected chi connectivity index (χ4v) is 1.53. The molecule has 0 saturated heterocycles. The highest BCUT2D eigenvalue weighted by molar-refractivity contribution is 5.96. The minimum Gasteiger partial charge on any atom is -0.370 e. The SMILES string of the molecule is Cc1n[nH]c(C)c1C(=O)NC(C)CC(N)=O. The maximum atomic E-state index is 11.8. The zero-order chi connectivity index (χ0) is 12.3. The Labute approximate surface area is 93.6 Å². The molecule has 2 amide bonds. The number of carbonyl (C=O) groups is 2. The largest absolute Gasteiger partial charge is 0.370 e. The van der Waals surface area contributed by atoms with E-state index >= 15 is 0 Å². The van der Waals surface area contributed by atoms with E-state index in [2.05, 4.69) is 15.5 Å². The fraction of sp³-hybridized carbons (Fsp3) is 0.500. The summed E-state index contributed by atoms with van der Waals surface area (Å²) in [6.45, 7) is 5.25. The predicted molar refractivity (Wildman–Crippen MR) is 58.8 cm³/mol. The molecule has 88 valence electrons. The van der Waals surface area contributed by atoms with Gasteiger partial charge in [-0.15, -0.1) is 0 Å². The monoisotopic (exact) mass is 224 g/mol. The van der Waals surface area contributed by atoms with Gasteiger partial charge in [-0.1, -0.05) is 0 Å². The second-order valence-electron chi connectivity index (χ2n) is 3.85. The Morgan fingerprint density at radius 2 is 2.12 bits per heavy atom. The predicted octanol–water partition coefficient (Wildman–Crippen LogP) is 0.0202. The molecule has 0 saturated carbocycles. The van der Waals surface area contributed by atoms with E-state index in [1.807, 2.05) is 0 Å². The first-order valence-electron chi connectivity index (χ1n) is 5.02. The molecule has 0 aromatic carbocycles. The van der Waals surface area contributed by atoms with Gasteiger partial charge in [0.1, 0.15) is 0 Å². The number of rotatable bonds is 4. The van der Waals surface area contributed by atoms with E-state index < -0.39 is 5.91 Å². The Hall–Kier alpha value is -1.85. The van der Waals surface area contributed by atoms with Crippen molar-refractivity contribution in [1.29, 1.82) is 0 Å². The molecule has 1 unspecified atom stereocenters. The van der Waals surface area contributed by atoms with E-state index in [1.165, 1.54) is 0 Å². The lowest BCUT2D eigenvalue weighted by atomic mass is 10.1. The summed E-state index contributed by atoms with van der Waals surface area (Å²) in [5.41, 5.74) is 6.91. The molecule has 4 N–H and O–H groups in total. The van der Waals surface area contributed by atoms with Gasteiger partial charge in [-0.05, 0) is 20.8 Å². The van der Waals surface area contributed by atoms with Crippen LogP contribution in [0.5, 0.6) is 0 Å². The minimum atomic E-state index is -0.437. The van der Waals surface area contributed by atoms with Crippen LogP contribution in [0, 0.1) is 13.8 Å². The van der Waals surface area contributed by atoms with Gasteiger partial charge in [-0.3, -0.25) is 14.7 Å². The molecule has 1 heterocycles. The summed E-state index contributed by atoms with van der Waals surface area (Å²) in [5.74, 6) is -0.675. The van der Waals surface area contributed by atoms with Gasteiger partial charge >= 0.3 is 0 Å². The molecule has 6 heteroatoms. The average molecular weight is 224 g/mol. The number of aryl methyl sites for hydroxylation is 2. The van der Waals surface area contributed by atoms with Crippen LogP contribution in [0.15, 0.2) is 0 Å². The van der Waals surface area contributed by atoms with Crippen LogP contribution < -0.4 is 11.1 Å². The number of carbonyl (C=O) groups excluding carboxylic acids is 2. The summed E-state index contributed by atoms with van der Waals surface area (Å²) in [6, 6.07) is -0.279. The van der Waals surface area contributed by atoms with Crippen LogP contribution in [0.2, 0.25) is 0 Å². The quantitative estimate of drug-likeness (QED) is 0.672. The number of aromatic amines is 1. The van der Waals surface area contributed by atoms with E-state index in [4.69, 9.17) is 5.73 Å². The van der Waals surface area contributed by atoms with Gasteiger partial charge in [0.2, 0.25) is 5.91 Å². The average Bonchev–Trinajstić information content (AvgIpc) is 2.44. The second-order valence-corrected chi connectivity index (χ2v) is 3.85. The Morgan fingerprint density at radius 1 is 1.50 bits per heavy atom. The zero-order valence-electron chi connectivity index (χ0n) is 9.63. The maximum absolute atomic E-state index is 11.8. The first-order chi connectivity index (χ1) is 7.41. The molecule has 1 aromatic rings. The molecule has 0 aliphatic carbocycles. The number of nitrogens with one attached hydrogen (secondary N) is 2. The molecule has 0 aliphatic rings. The van der Waals surface area contributed by atoms with Crippen LogP contribution >= 0.6 is 0 Å². The molecule has 0 bridgehead atoms. The van der Waals surface area contributed by atoms with Crippen molar-refractivity contribution in [3.05, 3.63) is 17.0 Å². The van der Waals surface area contributed by atoms with Crippen LogP contribution in [0.1, 0.15) is 35.1 Å². The lowest BCUT2D eigenvalue weighted by molar-refractivity contribution is -0.118. The van der Waals surface area contributed by atoms with Crippen molar-refractivity contribution in [2.24, 2.45) is 5.73 Å². The van der Waals surface area contributed by atoms with Crippen molar-refractivity contribution in [3.63, 3.8) is 0 Å². The molecule has 1 atom stereocenters. The van der Waals surface area contributed by atoms with Crippen molar-refractivity contribution in [3.8, 4) is 0 Å². The molecular formula is C10H16N4O2. The lowest BCUT2D eigenvalue weighted by Gasteiger charge is -2.11. The summed E-state index contributed by atoms with van der Waals surface area (Å²) in [7, 11) is 0. The summed E-state index contributed by atoms with van der Waals surface area (Å²) in [6.07, 6.45) is 0.127. The molecule has 0 radical (unpaired) electrons. The van der Waals surface area contributed by atoms with Gasteiger partial charge in [-0.2, -0.15) is 5.10 Å². The molecule has 6 nitrogen and oxygen atoms in total. The standard InChI is InChI=1S/C10H16N4O2/c1-5(4-8(11)15)12-10(16)9-6(2)13-14-7(9)3/h5H,4H2,1-3H3,(H2,11,15)(H,12,16)(H,13,14). The van der Waals surface area contributed by atoms with Crippen LogP contribution in [0.25, 0.3) is 0 Å². The molecule has 0 spiro atoms. The second kappa shape index (κ2) is 4.78. The highest BCUT2D eigenvalue weighted by Gasteiger charge is 2.17. The minimum absolute atomic E-state index is 0.127. The summed E-state index contributed by atoms with van der Waals surface area (Å²) in [4.78, 5) is 22.5. The number of nitrogens with zero attached hydrogens (tertiary/aromatic N) is 1. The number of hydrogen-bond acceptors (Lipinski definition) is 3. The van der Waals surface area contributed by atoms with Gasteiger partial charge in [0, 0.05) is 18.2 Å². The van der Waals surface area contributed by atoms with Gasteiger partial charge < -0.3 is 11.1 Å². The van der Waals surface area contributed by atoms with E-state index in [1.54, 1.807) is 20.8 Å². The maximum Gasteiger partial charge on any atom is 0.255 e. The molecule has 16 heavy (non-hydrogen) atoms. The number of primary amides is 1. The number of hydrogen-bond donors (Lipinski definition) is 3. The molecule has 0 aliphatic heterocycles. The normalized spacial score (nSPS) is 12.2. The summed E-state index contributed by atoms with van der Waals surface area (Å²) >= 11 is 0. The molecule has 1 aromatic heterocycles. The zero-order valence-corrected chi connectivity index (χ0v) is 9.63. The number of nitrogens with two attached hydrogens (primary N) is 1. The highest BCUT2D eigenvalue weighted by atomic mass is 16.2. The van der Waals surface area contributed by atoms with Crippen molar-refractivity contribution in [2.45, 2.75) is 33.2 Å². The summed E-state index contributed by atoms with van der Waals surface area (Å²) in [5, 5.41) is 9.35. The van der Waals surface area contributed by atoms with Crippen LogP contribution in [0.3, 0.4) is 0 Å². The Balaban J connectivity index is 2.69. The number of amides is 2. The first-order valence-corrected chi connectivity index (χ1v) is 5.02. The van der Waals surface area contributed by atoms with Crippen LogP contribution in [-0.2, 0) is 4.79 Å². The lowest BCUT2D eigenvalue weighted by Crippen LogP contribution is -2.36. The Morgan fingerprint density at radius 3 is 2.56 bits per heavy atom. The van der Waals surface area contributed by atoms with Gasteiger partial charge in [0.05, 0.1) is 11.3 Å². The molecular weight excluding hydrogens is 208 g/mol. The topological polar surface area (TPSA) is 101 Å². The van der Waals surface area contributed by atoms with Gasteiger partial charge in [0.25, 0.3) is 5.91 Å². The van der Waals surface area contributed by atoms with E-state index in [9.17, 15) is 9.59 Å².